The van der Waals surface area contributed by atoms with Gasteiger partial charge in [-0.2, -0.15) is 0 Å². The van der Waals surface area contributed by atoms with Gasteiger partial charge in [-0.3, -0.25) is 9.10 Å². The van der Waals surface area contributed by atoms with Crippen LogP contribution in [0.4, 0.5) is 11.6 Å². The Hall–Kier alpha value is -3.46. The molecule has 2 aliphatic rings. The average molecular weight is 464 g/mol. The van der Waals surface area contributed by atoms with Crippen LogP contribution in [0.25, 0.3) is 0 Å². The van der Waals surface area contributed by atoms with Crippen molar-refractivity contribution < 1.29 is 13.2 Å². The van der Waals surface area contributed by atoms with E-state index in [0.29, 0.717) is 49.8 Å². The van der Waals surface area contributed by atoms with Crippen LogP contribution in [0.1, 0.15) is 22.8 Å². The normalized spacial score (nSPS) is 18.3. The van der Waals surface area contributed by atoms with Crippen LogP contribution in [0.2, 0.25) is 0 Å². The van der Waals surface area contributed by atoms with Gasteiger partial charge in [0.25, 0.3) is 15.9 Å². The minimum absolute atomic E-state index is 0.133. The molecule has 1 aromatic heterocycles. The second-order valence-electron chi connectivity index (χ2n) is 8.34. The van der Waals surface area contributed by atoms with Gasteiger partial charge in [-0.05, 0) is 49.2 Å². The first-order valence-electron chi connectivity index (χ1n) is 11.0. The number of para-hydroxylation sites is 1. The number of hydrogen-bond acceptors (Lipinski definition) is 6. The standard InChI is InChI=1S/C24H25N5O3S/c1-18-16-19-6-2-3-9-22(19)29(18)33(31,32)21-8-4-7-20(17-21)23(30)27-12-14-28(15-13-27)24-25-10-5-11-26-24/h2-11,17-18H,12-16H2,1H3/t18-/m1/s1. The van der Waals surface area contributed by atoms with E-state index in [1.54, 1.807) is 41.6 Å². The summed E-state index contributed by atoms with van der Waals surface area (Å²) in [5.74, 6) is 0.480. The molecule has 170 valence electrons. The quantitative estimate of drug-likeness (QED) is 0.591. The van der Waals surface area contributed by atoms with Gasteiger partial charge in [-0.25, -0.2) is 18.4 Å². The number of hydrogen-bond donors (Lipinski definition) is 0. The molecule has 0 saturated carbocycles. The summed E-state index contributed by atoms with van der Waals surface area (Å²) in [6.07, 6.45) is 4.07. The van der Waals surface area contributed by atoms with Crippen molar-refractivity contribution in [2.75, 3.05) is 35.4 Å². The first kappa shape index (κ1) is 21.4. The summed E-state index contributed by atoms with van der Waals surface area (Å²) >= 11 is 0. The van der Waals surface area contributed by atoms with Gasteiger partial charge in [0.2, 0.25) is 5.95 Å². The van der Waals surface area contributed by atoms with Crippen molar-refractivity contribution in [2.45, 2.75) is 24.3 Å². The number of piperazine rings is 1. The van der Waals surface area contributed by atoms with Gasteiger partial charge in [-0.15, -0.1) is 0 Å². The molecule has 3 aromatic rings. The smallest absolute Gasteiger partial charge is 0.264 e. The summed E-state index contributed by atoms with van der Waals surface area (Å²) in [5, 5.41) is 0. The first-order chi connectivity index (χ1) is 15.9. The second-order valence-corrected chi connectivity index (χ2v) is 10.2. The van der Waals surface area contributed by atoms with Crippen LogP contribution in [0.5, 0.6) is 0 Å². The highest BCUT2D eigenvalue weighted by molar-refractivity contribution is 7.92. The van der Waals surface area contributed by atoms with Gasteiger partial charge in [0.05, 0.1) is 10.6 Å². The molecule has 8 nitrogen and oxygen atoms in total. The van der Waals surface area contributed by atoms with E-state index < -0.39 is 10.0 Å². The molecule has 1 amide bonds. The highest BCUT2D eigenvalue weighted by Crippen LogP contribution is 2.36. The van der Waals surface area contributed by atoms with Crippen LogP contribution in [-0.2, 0) is 16.4 Å². The lowest BCUT2D eigenvalue weighted by Gasteiger charge is -2.34. The Balaban J connectivity index is 1.35. The third-order valence-electron chi connectivity index (χ3n) is 6.18. The summed E-state index contributed by atoms with van der Waals surface area (Å²) < 4.78 is 28.6. The molecule has 1 atom stereocenters. The molecule has 3 heterocycles. The number of anilines is 2. The third kappa shape index (κ3) is 3.93. The molecule has 0 radical (unpaired) electrons. The van der Waals surface area contributed by atoms with Crippen molar-refractivity contribution in [3.8, 4) is 0 Å². The lowest BCUT2D eigenvalue weighted by atomic mass is 10.1. The number of rotatable bonds is 4. The first-order valence-corrected chi connectivity index (χ1v) is 12.4. The highest BCUT2D eigenvalue weighted by atomic mass is 32.2. The third-order valence-corrected chi connectivity index (χ3v) is 8.11. The Labute approximate surface area is 193 Å². The van der Waals surface area contributed by atoms with Crippen LogP contribution in [0, 0.1) is 0 Å². The molecule has 2 aliphatic heterocycles. The van der Waals surface area contributed by atoms with Crippen LogP contribution in [0.3, 0.4) is 0 Å². The van der Waals surface area contributed by atoms with Crippen molar-refractivity contribution in [3.05, 3.63) is 78.1 Å². The molecule has 1 fully saturated rings. The zero-order chi connectivity index (χ0) is 23.0. The number of nitrogens with zero attached hydrogens (tertiary/aromatic N) is 5. The molecule has 2 aromatic carbocycles. The van der Waals surface area contributed by atoms with Crippen molar-refractivity contribution in [1.29, 1.82) is 0 Å². The lowest BCUT2D eigenvalue weighted by molar-refractivity contribution is 0.0746. The average Bonchev–Trinajstić information content (AvgIpc) is 3.21. The number of amides is 1. The van der Waals surface area contributed by atoms with Crippen molar-refractivity contribution >= 4 is 27.6 Å². The molecule has 0 bridgehead atoms. The highest BCUT2D eigenvalue weighted by Gasteiger charge is 2.36. The molecular formula is C24H25N5O3S. The summed E-state index contributed by atoms with van der Waals surface area (Å²) in [4.78, 5) is 25.6. The minimum atomic E-state index is -3.80. The van der Waals surface area contributed by atoms with Gasteiger partial charge in [-0.1, -0.05) is 24.3 Å². The van der Waals surface area contributed by atoms with Gasteiger partial charge in [0, 0.05) is 50.2 Å². The fraction of sp³-hybridized carbons (Fsp3) is 0.292. The Kier molecular flexibility index (Phi) is 5.49. The van der Waals surface area contributed by atoms with Crippen LogP contribution < -0.4 is 9.21 Å². The number of benzene rings is 2. The van der Waals surface area contributed by atoms with Crippen LogP contribution in [-0.4, -0.2) is 61.4 Å². The number of fused-ring (bicyclic) bond motifs is 1. The van der Waals surface area contributed by atoms with Gasteiger partial charge < -0.3 is 9.80 Å². The van der Waals surface area contributed by atoms with E-state index in [0.717, 1.165) is 5.56 Å². The maximum absolute atomic E-state index is 13.5. The summed E-state index contributed by atoms with van der Waals surface area (Å²) in [7, 11) is -3.80. The molecule has 0 N–H and O–H groups in total. The largest absolute Gasteiger partial charge is 0.337 e. The summed E-state index contributed by atoms with van der Waals surface area (Å²) in [6, 6.07) is 15.5. The molecule has 5 rings (SSSR count). The predicted molar refractivity (Wildman–Crippen MR) is 126 cm³/mol. The van der Waals surface area contributed by atoms with Gasteiger partial charge in [0.1, 0.15) is 0 Å². The van der Waals surface area contributed by atoms with E-state index in [-0.39, 0.29) is 16.8 Å². The molecular weight excluding hydrogens is 438 g/mol. The number of carbonyl (C=O) groups excluding carboxylic acids is 1. The van der Waals surface area contributed by atoms with E-state index >= 15 is 0 Å². The van der Waals surface area contributed by atoms with Crippen molar-refractivity contribution in [2.24, 2.45) is 0 Å². The Morgan fingerprint density at radius 3 is 2.42 bits per heavy atom. The molecule has 0 spiro atoms. The van der Waals surface area contributed by atoms with E-state index in [4.69, 9.17) is 0 Å². The second kappa shape index (κ2) is 8.47. The summed E-state index contributed by atoms with van der Waals surface area (Å²) in [5.41, 5.74) is 2.10. The lowest BCUT2D eigenvalue weighted by Crippen LogP contribution is -2.49. The van der Waals surface area contributed by atoms with E-state index in [1.165, 1.54) is 10.4 Å². The zero-order valence-electron chi connectivity index (χ0n) is 18.3. The van der Waals surface area contributed by atoms with E-state index in [9.17, 15) is 13.2 Å². The van der Waals surface area contributed by atoms with Crippen LogP contribution >= 0.6 is 0 Å². The molecule has 0 aliphatic carbocycles. The SMILES string of the molecule is C[C@@H]1Cc2ccccc2N1S(=O)(=O)c1cccc(C(=O)N2CCN(c3ncccn3)CC2)c1. The van der Waals surface area contributed by atoms with Crippen molar-refractivity contribution in [1.82, 2.24) is 14.9 Å². The van der Waals surface area contributed by atoms with Gasteiger partial charge in [0.15, 0.2) is 0 Å². The number of carbonyl (C=O) groups is 1. The summed E-state index contributed by atoms with van der Waals surface area (Å²) in [6.45, 7) is 4.18. The predicted octanol–water partition coefficient (Wildman–Crippen LogP) is 2.58. The fourth-order valence-electron chi connectivity index (χ4n) is 4.55. The van der Waals surface area contributed by atoms with Gasteiger partial charge >= 0.3 is 0 Å². The Bertz CT molecular complexity index is 1270. The maximum atomic E-state index is 13.5. The van der Waals surface area contributed by atoms with E-state index in [2.05, 4.69) is 9.97 Å². The zero-order valence-corrected chi connectivity index (χ0v) is 19.1. The minimum Gasteiger partial charge on any atom is -0.337 e. The molecule has 33 heavy (non-hydrogen) atoms. The Morgan fingerprint density at radius 1 is 0.939 bits per heavy atom. The number of aromatic nitrogens is 2. The Morgan fingerprint density at radius 2 is 1.67 bits per heavy atom. The van der Waals surface area contributed by atoms with Crippen LogP contribution in [0.15, 0.2) is 71.9 Å². The topological polar surface area (TPSA) is 86.7 Å². The molecule has 0 unspecified atom stereocenters. The monoisotopic (exact) mass is 463 g/mol. The number of sulfonamides is 1. The van der Waals surface area contributed by atoms with E-state index in [1.807, 2.05) is 36.1 Å². The molecule has 9 heteroatoms. The molecule has 1 saturated heterocycles. The maximum Gasteiger partial charge on any atom is 0.264 e. The fourth-order valence-corrected chi connectivity index (χ4v) is 6.29. The van der Waals surface area contributed by atoms with Crippen molar-refractivity contribution in [3.63, 3.8) is 0 Å².